The molecule has 112 valence electrons. The number of aryl methyl sites for hydroxylation is 2. The quantitative estimate of drug-likeness (QED) is 0.883. The number of thiazole rings is 1. The fourth-order valence-electron chi connectivity index (χ4n) is 2.48. The van der Waals surface area contributed by atoms with E-state index in [2.05, 4.69) is 9.97 Å². The zero-order valence-electron chi connectivity index (χ0n) is 12.9. The number of aromatic nitrogens is 2. The number of carbonyl (C=O) groups is 2. The fourth-order valence-corrected chi connectivity index (χ4v) is 3.08. The average Bonchev–Trinajstić information content (AvgIpc) is 2.92. The Morgan fingerprint density at radius 3 is 2.48 bits per heavy atom. The third-order valence-electron chi connectivity index (χ3n) is 3.42. The highest BCUT2D eigenvalue weighted by Gasteiger charge is 2.22. The van der Waals surface area contributed by atoms with Gasteiger partial charge < -0.3 is 9.88 Å². The Bertz CT molecular complexity index is 700. The molecule has 0 radical (unpaired) electrons. The summed E-state index contributed by atoms with van der Waals surface area (Å²) < 4.78 is 0. The number of hydrogen-bond donors (Lipinski definition) is 1. The Labute approximate surface area is 128 Å². The van der Waals surface area contributed by atoms with Gasteiger partial charge in [-0.3, -0.25) is 9.59 Å². The molecule has 0 aromatic carbocycles. The molecular weight excluding hydrogens is 286 g/mol. The van der Waals surface area contributed by atoms with Gasteiger partial charge in [0.05, 0.1) is 17.2 Å². The van der Waals surface area contributed by atoms with Crippen LogP contribution in [0.4, 0.5) is 0 Å². The standard InChI is InChI=1S/C15H19N3O2S/c1-8-13(10(3)19)9(2)16-14(8)15(20)18(5)6-12-7-21-11(4)17-12/h7,16H,6H2,1-5H3. The molecule has 2 aromatic rings. The fraction of sp³-hybridized carbons (Fsp3) is 0.400. The summed E-state index contributed by atoms with van der Waals surface area (Å²) in [5, 5.41) is 2.93. The largest absolute Gasteiger partial charge is 0.354 e. The second-order valence-electron chi connectivity index (χ2n) is 5.20. The molecular formula is C15H19N3O2S. The highest BCUT2D eigenvalue weighted by Crippen LogP contribution is 2.20. The maximum atomic E-state index is 12.5. The second-order valence-corrected chi connectivity index (χ2v) is 6.26. The van der Waals surface area contributed by atoms with E-state index in [-0.39, 0.29) is 11.7 Å². The van der Waals surface area contributed by atoms with Gasteiger partial charge in [-0.25, -0.2) is 4.98 Å². The number of H-pyrrole nitrogens is 1. The van der Waals surface area contributed by atoms with Crippen molar-refractivity contribution in [2.75, 3.05) is 7.05 Å². The molecule has 2 aromatic heterocycles. The summed E-state index contributed by atoms with van der Waals surface area (Å²) in [7, 11) is 1.74. The van der Waals surface area contributed by atoms with E-state index in [1.165, 1.54) is 6.92 Å². The van der Waals surface area contributed by atoms with Crippen LogP contribution in [-0.4, -0.2) is 33.6 Å². The Balaban J connectivity index is 2.23. The Morgan fingerprint density at radius 2 is 2.00 bits per heavy atom. The van der Waals surface area contributed by atoms with Gasteiger partial charge in [-0.1, -0.05) is 0 Å². The summed E-state index contributed by atoms with van der Waals surface area (Å²) in [5.74, 6) is -0.160. The molecule has 1 N–H and O–H groups in total. The van der Waals surface area contributed by atoms with E-state index in [0.717, 1.165) is 16.4 Å². The predicted molar refractivity (Wildman–Crippen MR) is 82.9 cm³/mol. The minimum atomic E-state index is -0.131. The molecule has 5 nitrogen and oxygen atoms in total. The van der Waals surface area contributed by atoms with Gasteiger partial charge in [0.25, 0.3) is 5.91 Å². The van der Waals surface area contributed by atoms with E-state index >= 15 is 0 Å². The summed E-state index contributed by atoms with van der Waals surface area (Å²) in [6.07, 6.45) is 0. The van der Waals surface area contributed by atoms with Gasteiger partial charge in [0.1, 0.15) is 5.69 Å². The number of hydrogen-bond acceptors (Lipinski definition) is 4. The first kappa shape index (κ1) is 15.4. The van der Waals surface area contributed by atoms with Crippen LogP contribution in [0.15, 0.2) is 5.38 Å². The maximum Gasteiger partial charge on any atom is 0.270 e. The van der Waals surface area contributed by atoms with Gasteiger partial charge in [0.2, 0.25) is 0 Å². The zero-order valence-corrected chi connectivity index (χ0v) is 13.7. The molecule has 1 amide bonds. The van der Waals surface area contributed by atoms with Crippen LogP contribution < -0.4 is 0 Å². The molecule has 0 saturated heterocycles. The molecule has 0 aliphatic heterocycles. The van der Waals surface area contributed by atoms with Crippen LogP contribution in [0, 0.1) is 20.8 Å². The maximum absolute atomic E-state index is 12.5. The van der Waals surface area contributed by atoms with E-state index in [4.69, 9.17) is 0 Å². The van der Waals surface area contributed by atoms with Crippen molar-refractivity contribution >= 4 is 23.0 Å². The molecule has 0 unspecified atom stereocenters. The van der Waals surface area contributed by atoms with Crippen LogP contribution in [0.2, 0.25) is 0 Å². The van der Waals surface area contributed by atoms with Gasteiger partial charge in [0, 0.05) is 23.7 Å². The van der Waals surface area contributed by atoms with Crippen LogP contribution in [-0.2, 0) is 6.54 Å². The molecule has 0 aliphatic carbocycles. The van der Waals surface area contributed by atoms with E-state index in [1.807, 2.05) is 19.2 Å². The van der Waals surface area contributed by atoms with Crippen LogP contribution in [0.1, 0.15) is 49.7 Å². The van der Waals surface area contributed by atoms with Crippen molar-refractivity contribution in [2.24, 2.45) is 0 Å². The van der Waals surface area contributed by atoms with Crippen molar-refractivity contribution in [1.82, 2.24) is 14.9 Å². The number of nitrogens with one attached hydrogen (secondary N) is 1. The molecule has 0 spiro atoms. The monoisotopic (exact) mass is 305 g/mol. The van der Waals surface area contributed by atoms with Crippen LogP contribution >= 0.6 is 11.3 Å². The van der Waals surface area contributed by atoms with E-state index in [0.29, 0.717) is 23.4 Å². The number of nitrogens with zero attached hydrogens (tertiary/aromatic N) is 2. The zero-order chi connectivity index (χ0) is 15.7. The van der Waals surface area contributed by atoms with Crippen molar-refractivity contribution < 1.29 is 9.59 Å². The molecule has 6 heteroatoms. The first-order chi connectivity index (χ1) is 9.81. The van der Waals surface area contributed by atoms with Crippen molar-refractivity contribution in [3.8, 4) is 0 Å². The number of rotatable bonds is 4. The van der Waals surface area contributed by atoms with Crippen molar-refractivity contribution in [1.29, 1.82) is 0 Å². The normalized spacial score (nSPS) is 10.7. The molecule has 0 fully saturated rings. The summed E-state index contributed by atoms with van der Waals surface area (Å²) in [6.45, 7) is 7.52. The third kappa shape index (κ3) is 3.05. The predicted octanol–water partition coefficient (Wildman–Crippen LogP) is 2.87. The molecule has 21 heavy (non-hydrogen) atoms. The number of Topliss-reactive ketones (excluding diaryl/α,β-unsaturated/α-hetero) is 1. The van der Waals surface area contributed by atoms with Crippen LogP contribution in [0.25, 0.3) is 0 Å². The Kier molecular flexibility index (Phi) is 4.27. The first-order valence-electron chi connectivity index (χ1n) is 6.67. The molecule has 0 aliphatic rings. The number of amides is 1. The molecule has 0 atom stereocenters. The molecule has 0 bridgehead atoms. The van der Waals surface area contributed by atoms with Crippen molar-refractivity contribution in [3.05, 3.63) is 38.6 Å². The SMILES string of the molecule is CC(=O)c1c(C)[nH]c(C(=O)N(C)Cc2csc(C)n2)c1C. The number of carbonyl (C=O) groups excluding carboxylic acids is 2. The van der Waals surface area contributed by atoms with Gasteiger partial charge in [-0.2, -0.15) is 0 Å². The highest BCUT2D eigenvalue weighted by atomic mass is 32.1. The van der Waals surface area contributed by atoms with Crippen LogP contribution in [0.3, 0.4) is 0 Å². The summed E-state index contributed by atoms with van der Waals surface area (Å²) in [5.41, 5.74) is 3.41. The van der Waals surface area contributed by atoms with Crippen molar-refractivity contribution in [3.63, 3.8) is 0 Å². The average molecular weight is 305 g/mol. The van der Waals surface area contributed by atoms with E-state index in [9.17, 15) is 9.59 Å². The topological polar surface area (TPSA) is 66.1 Å². The lowest BCUT2D eigenvalue weighted by atomic mass is 10.1. The summed E-state index contributed by atoms with van der Waals surface area (Å²) in [6, 6.07) is 0. The summed E-state index contributed by atoms with van der Waals surface area (Å²) in [4.78, 5) is 33.2. The second kappa shape index (κ2) is 5.81. The highest BCUT2D eigenvalue weighted by molar-refractivity contribution is 7.09. The Hall–Kier alpha value is -1.95. The lowest BCUT2D eigenvalue weighted by Crippen LogP contribution is -2.27. The van der Waals surface area contributed by atoms with Gasteiger partial charge in [-0.15, -0.1) is 11.3 Å². The van der Waals surface area contributed by atoms with E-state index < -0.39 is 0 Å². The van der Waals surface area contributed by atoms with Gasteiger partial charge in [-0.05, 0) is 33.3 Å². The van der Waals surface area contributed by atoms with Crippen LogP contribution in [0.5, 0.6) is 0 Å². The molecule has 2 rings (SSSR count). The minimum Gasteiger partial charge on any atom is -0.354 e. The lowest BCUT2D eigenvalue weighted by Gasteiger charge is -2.15. The summed E-state index contributed by atoms with van der Waals surface area (Å²) >= 11 is 1.57. The van der Waals surface area contributed by atoms with Gasteiger partial charge in [0.15, 0.2) is 5.78 Å². The number of aromatic amines is 1. The van der Waals surface area contributed by atoms with Crippen molar-refractivity contribution in [2.45, 2.75) is 34.2 Å². The minimum absolute atomic E-state index is 0.0296. The molecule has 0 saturated carbocycles. The number of ketones is 1. The van der Waals surface area contributed by atoms with E-state index in [1.54, 1.807) is 30.2 Å². The van der Waals surface area contributed by atoms with Gasteiger partial charge >= 0.3 is 0 Å². The third-order valence-corrected chi connectivity index (χ3v) is 4.24. The first-order valence-corrected chi connectivity index (χ1v) is 7.55. The molecule has 2 heterocycles. The Morgan fingerprint density at radius 1 is 1.33 bits per heavy atom. The lowest BCUT2D eigenvalue weighted by molar-refractivity contribution is 0.0777. The smallest absolute Gasteiger partial charge is 0.270 e.